The summed E-state index contributed by atoms with van der Waals surface area (Å²) in [4.78, 5) is 28.2. The van der Waals surface area contributed by atoms with Gasteiger partial charge in [-0.15, -0.1) is 11.8 Å². The molecule has 0 saturated carbocycles. The molecule has 2 N–H and O–H groups in total. The molecule has 0 aliphatic carbocycles. The fourth-order valence-electron chi connectivity index (χ4n) is 2.46. The highest BCUT2D eigenvalue weighted by molar-refractivity contribution is 8.01. The summed E-state index contributed by atoms with van der Waals surface area (Å²) in [5.41, 5.74) is 2.73. The standard InChI is InChI=1S/C17H17N3O2S/c21-16(19-13-7-9-18-10-8-13)11-23-15-6-5-12-3-1-2-4-14(12)20-17(15)22/h1-4,7-10,15H,5-6,11H2,(H,20,22)(H,18,19,21)/t15-/m1/s1. The van der Waals surface area contributed by atoms with Crippen LogP contribution in [0, 0.1) is 0 Å². The summed E-state index contributed by atoms with van der Waals surface area (Å²) in [6, 6.07) is 11.3. The molecule has 2 heterocycles. The van der Waals surface area contributed by atoms with Gasteiger partial charge in [-0.2, -0.15) is 0 Å². The van der Waals surface area contributed by atoms with Crippen LogP contribution in [0.3, 0.4) is 0 Å². The van der Waals surface area contributed by atoms with Gasteiger partial charge in [0.25, 0.3) is 0 Å². The van der Waals surface area contributed by atoms with Gasteiger partial charge in [0.05, 0.1) is 11.0 Å². The lowest BCUT2D eigenvalue weighted by Gasteiger charge is -2.12. The zero-order valence-corrected chi connectivity index (χ0v) is 13.3. The minimum absolute atomic E-state index is 0.0309. The second kappa shape index (κ2) is 7.28. The van der Waals surface area contributed by atoms with Crippen LogP contribution in [-0.4, -0.2) is 27.8 Å². The van der Waals surface area contributed by atoms with E-state index in [1.54, 1.807) is 24.5 Å². The van der Waals surface area contributed by atoms with Crippen molar-refractivity contribution in [2.45, 2.75) is 18.1 Å². The summed E-state index contributed by atoms with van der Waals surface area (Å²) >= 11 is 1.38. The van der Waals surface area contributed by atoms with E-state index in [2.05, 4.69) is 15.6 Å². The number of hydrogen-bond acceptors (Lipinski definition) is 4. The van der Waals surface area contributed by atoms with Crippen molar-refractivity contribution in [2.75, 3.05) is 16.4 Å². The first-order chi connectivity index (χ1) is 11.2. The molecule has 0 unspecified atom stereocenters. The summed E-state index contributed by atoms with van der Waals surface area (Å²) < 4.78 is 0. The summed E-state index contributed by atoms with van der Waals surface area (Å²) in [6.07, 6.45) is 4.81. The third-order valence-corrected chi connectivity index (χ3v) is 4.90. The molecule has 5 nitrogen and oxygen atoms in total. The van der Waals surface area contributed by atoms with Gasteiger partial charge in [-0.3, -0.25) is 14.6 Å². The lowest BCUT2D eigenvalue weighted by molar-refractivity contribution is -0.115. The van der Waals surface area contributed by atoms with E-state index in [1.165, 1.54) is 11.8 Å². The van der Waals surface area contributed by atoms with Crippen molar-refractivity contribution in [3.8, 4) is 0 Å². The Morgan fingerprint density at radius 2 is 2.04 bits per heavy atom. The molecule has 6 heteroatoms. The van der Waals surface area contributed by atoms with Crippen LogP contribution in [0.4, 0.5) is 11.4 Å². The van der Waals surface area contributed by atoms with Gasteiger partial charge < -0.3 is 10.6 Å². The molecule has 2 amide bonds. The zero-order chi connectivity index (χ0) is 16.1. The highest BCUT2D eigenvalue weighted by Gasteiger charge is 2.24. The number of anilines is 2. The topological polar surface area (TPSA) is 71.1 Å². The number of aryl methyl sites for hydroxylation is 1. The Balaban J connectivity index is 1.54. The van der Waals surface area contributed by atoms with E-state index in [4.69, 9.17) is 0 Å². The molecule has 2 aromatic rings. The number of amides is 2. The van der Waals surface area contributed by atoms with Crippen LogP contribution in [-0.2, 0) is 16.0 Å². The van der Waals surface area contributed by atoms with E-state index < -0.39 is 0 Å². The molecule has 3 rings (SSSR count). The van der Waals surface area contributed by atoms with Crippen LogP contribution >= 0.6 is 11.8 Å². The van der Waals surface area contributed by atoms with Gasteiger partial charge in [0.15, 0.2) is 0 Å². The number of hydrogen-bond donors (Lipinski definition) is 2. The second-order valence-corrected chi connectivity index (χ2v) is 6.46. The smallest absolute Gasteiger partial charge is 0.237 e. The van der Waals surface area contributed by atoms with E-state index in [0.717, 1.165) is 24.1 Å². The third kappa shape index (κ3) is 4.10. The number of rotatable bonds is 4. The average molecular weight is 327 g/mol. The van der Waals surface area contributed by atoms with E-state index in [1.807, 2.05) is 24.3 Å². The molecular formula is C17H17N3O2S. The van der Waals surface area contributed by atoms with Crippen molar-refractivity contribution in [1.82, 2.24) is 4.98 Å². The Kier molecular flexibility index (Phi) is 4.92. The molecule has 1 aromatic carbocycles. The molecule has 0 saturated heterocycles. The van der Waals surface area contributed by atoms with E-state index >= 15 is 0 Å². The summed E-state index contributed by atoms with van der Waals surface area (Å²) in [7, 11) is 0. The number of benzene rings is 1. The first-order valence-corrected chi connectivity index (χ1v) is 8.47. The number of pyridine rings is 1. The lowest BCUT2D eigenvalue weighted by atomic mass is 10.1. The Hall–Kier alpha value is -2.34. The van der Waals surface area contributed by atoms with Crippen molar-refractivity contribution >= 4 is 35.0 Å². The molecule has 0 bridgehead atoms. The van der Waals surface area contributed by atoms with Gasteiger partial charge >= 0.3 is 0 Å². The Morgan fingerprint density at radius 3 is 2.87 bits per heavy atom. The van der Waals surface area contributed by atoms with Crippen LogP contribution < -0.4 is 10.6 Å². The van der Waals surface area contributed by atoms with E-state index in [9.17, 15) is 9.59 Å². The maximum atomic E-state index is 12.3. The number of nitrogens with one attached hydrogen (secondary N) is 2. The second-order valence-electron chi connectivity index (χ2n) is 5.27. The molecule has 0 radical (unpaired) electrons. The van der Waals surface area contributed by atoms with Gasteiger partial charge in [0.2, 0.25) is 11.8 Å². The van der Waals surface area contributed by atoms with E-state index in [-0.39, 0.29) is 22.8 Å². The molecule has 1 aliphatic heterocycles. The molecule has 1 aromatic heterocycles. The normalized spacial score (nSPS) is 16.9. The van der Waals surface area contributed by atoms with Crippen LogP contribution in [0.25, 0.3) is 0 Å². The first kappa shape index (κ1) is 15.6. The predicted octanol–water partition coefficient (Wildman–Crippen LogP) is 2.71. The third-order valence-electron chi connectivity index (χ3n) is 3.62. The van der Waals surface area contributed by atoms with Crippen LogP contribution in [0.2, 0.25) is 0 Å². The highest BCUT2D eigenvalue weighted by Crippen LogP contribution is 2.27. The number of fused-ring (bicyclic) bond motifs is 1. The van der Waals surface area contributed by atoms with Gasteiger partial charge in [-0.25, -0.2) is 0 Å². The highest BCUT2D eigenvalue weighted by atomic mass is 32.2. The number of aromatic nitrogens is 1. The maximum absolute atomic E-state index is 12.3. The number of nitrogens with zero attached hydrogens (tertiary/aromatic N) is 1. The number of carbonyl (C=O) groups is 2. The van der Waals surface area contributed by atoms with Crippen molar-refractivity contribution in [3.63, 3.8) is 0 Å². The molecule has 1 atom stereocenters. The SMILES string of the molecule is O=C(CS[C@@H]1CCc2ccccc2NC1=O)Nc1ccncc1. The summed E-state index contributed by atoms with van der Waals surface area (Å²) in [5, 5.41) is 5.53. The summed E-state index contributed by atoms with van der Waals surface area (Å²) in [5.74, 6) is 0.101. The molecule has 0 fully saturated rings. The summed E-state index contributed by atoms with van der Waals surface area (Å²) in [6.45, 7) is 0. The minimum atomic E-state index is -0.217. The van der Waals surface area contributed by atoms with Crippen molar-refractivity contribution in [2.24, 2.45) is 0 Å². The van der Waals surface area contributed by atoms with Gasteiger partial charge in [-0.05, 0) is 36.6 Å². The van der Waals surface area contributed by atoms with Crippen LogP contribution in [0.15, 0.2) is 48.8 Å². The minimum Gasteiger partial charge on any atom is -0.325 e. The lowest BCUT2D eigenvalue weighted by Crippen LogP contribution is -2.26. The van der Waals surface area contributed by atoms with Gasteiger partial charge in [0, 0.05) is 23.8 Å². The van der Waals surface area contributed by atoms with Crippen molar-refractivity contribution in [1.29, 1.82) is 0 Å². The fraction of sp³-hybridized carbons (Fsp3) is 0.235. The number of para-hydroxylation sites is 1. The zero-order valence-electron chi connectivity index (χ0n) is 12.5. The molecule has 1 aliphatic rings. The number of thioether (sulfide) groups is 1. The molecule has 23 heavy (non-hydrogen) atoms. The quantitative estimate of drug-likeness (QED) is 0.906. The predicted molar refractivity (Wildman–Crippen MR) is 92.5 cm³/mol. The van der Waals surface area contributed by atoms with Gasteiger partial charge in [0.1, 0.15) is 0 Å². The van der Waals surface area contributed by atoms with Crippen LogP contribution in [0.5, 0.6) is 0 Å². The van der Waals surface area contributed by atoms with Gasteiger partial charge in [-0.1, -0.05) is 18.2 Å². The van der Waals surface area contributed by atoms with Crippen molar-refractivity contribution < 1.29 is 9.59 Å². The Labute approximate surface area is 138 Å². The largest absolute Gasteiger partial charge is 0.325 e. The average Bonchev–Trinajstić information content (AvgIpc) is 2.72. The maximum Gasteiger partial charge on any atom is 0.237 e. The molecular weight excluding hydrogens is 310 g/mol. The molecule has 118 valence electrons. The monoisotopic (exact) mass is 327 g/mol. The number of carbonyl (C=O) groups excluding carboxylic acids is 2. The Bertz CT molecular complexity index is 706. The molecule has 0 spiro atoms. The van der Waals surface area contributed by atoms with Crippen molar-refractivity contribution in [3.05, 3.63) is 54.4 Å². The van der Waals surface area contributed by atoms with E-state index in [0.29, 0.717) is 5.69 Å². The van der Waals surface area contributed by atoms with Crippen LogP contribution in [0.1, 0.15) is 12.0 Å². The Morgan fingerprint density at radius 1 is 1.26 bits per heavy atom. The first-order valence-electron chi connectivity index (χ1n) is 7.42. The fourth-order valence-corrected chi connectivity index (χ4v) is 3.38.